The van der Waals surface area contributed by atoms with E-state index in [2.05, 4.69) is 22.4 Å². The Hall–Kier alpha value is -2.26. The maximum atomic E-state index is 13.0. The quantitative estimate of drug-likeness (QED) is 0.650. The number of aromatic nitrogens is 1. The van der Waals surface area contributed by atoms with Crippen LogP contribution in [0.3, 0.4) is 0 Å². The van der Waals surface area contributed by atoms with Crippen molar-refractivity contribution in [3.05, 3.63) is 70.9 Å². The molecule has 0 aliphatic heterocycles. The molecule has 0 spiro atoms. The zero-order chi connectivity index (χ0) is 17.3. The highest BCUT2D eigenvalue weighted by Crippen LogP contribution is 2.37. The molecule has 2 N–H and O–H groups in total. The van der Waals surface area contributed by atoms with Crippen molar-refractivity contribution in [3.8, 4) is 0 Å². The van der Waals surface area contributed by atoms with Gasteiger partial charge in [0.25, 0.3) is 5.91 Å². The topological polar surface area (TPSA) is 44.9 Å². The summed E-state index contributed by atoms with van der Waals surface area (Å²) in [7, 11) is 0. The molecule has 3 nitrogen and oxygen atoms in total. The Morgan fingerprint density at radius 1 is 1.00 bits per heavy atom. The third-order valence-electron chi connectivity index (χ3n) is 5.21. The lowest BCUT2D eigenvalue weighted by Crippen LogP contribution is -2.47. The number of carbonyl (C=O) groups is 1. The van der Waals surface area contributed by atoms with Crippen LogP contribution in [0.5, 0.6) is 0 Å². The normalized spacial score (nSPS) is 16.7. The third kappa shape index (κ3) is 3.16. The van der Waals surface area contributed by atoms with Gasteiger partial charge in [0.05, 0.1) is 5.54 Å². The smallest absolute Gasteiger partial charge is 0.268 e. The summed E-state index contributed by atoms with van der Waals surface area (Å²) in [6.07, 6.45) is 5.47. The van der Waals surface area contributed by atoms with E-state index in [1.54, 1.807) is 0 Å². The van der Waals surface area contributed by atoms with Crippen molar-refractivity contribution in [3.63, 3.8) is 0 Å². The number of H-pyrrole nitrogens is 1. The number of halogens is 1. The molecule has 1 aromatic heterocycles. The van der Waals surface area contributed by atoms with E-state index in [1.807, 2.05) is 42.5 Å². The van der Waals surface area contributed by atoms with Gasteiger partial charge in [-0.1, -0.05) is 61.2 Å². The highest BCUT2D eigenvalue weighted by molar-refractivity contribution is 6.31. The number of fused-ring (bicyclic) bond motifs is 1. The van der Waals surface area contributed by atoms with E-state index in [0.717, 1.165) is 36.6 Å². The predicted octanol–water partition coefficient (Wildman–Crippen LogP) is 5.41. The summed E-state index contributed by atoms with van der Waals surface area (Å²) < 4.78 is 0. The van der Waals surface area contributed by atoms with E-state index in [9.17, 15) is 4.79 Å². The van der Waals surface area contributed by atoms with Crippen LogP contribution in [0, 0.1) is 0 Å². The second kappa shape index (κ2) is 6.57. The van der Waals surface area contributed by atoms with Crippen molar-refractivity contribution in [1.82, 2.24) is 10.3 Å². The van der Waals surface area contributed by atoms with E-state index in [4.69, 9.17) is 11.6 Å². The molecule has 1 saturated carbocycles. The number of amides is 1. The molecule has 1 aliphatic rings. The zero-order valence-electron chi connectivity index (χ0n) is 14.0. The molecule has 25 heavy (non-hydrogen) atoms. The van der Waals surface area contributed by atoms with Crippen LogP contribution in [0.1, 0.15) is 48.2 Å². The SMILES string of the molecule is O=C(NC1(c2ccccc2)CCCCC1)c1cc2cc(Cl)ccc2[nH]1. The molecule has 4 heteroatoms. The number of carbonyl (C=O) groups excluding carboxylic acids is 1. The van der Waals surface area contributed by atoms with E-state index in [-0.39, 0.29) is 11.4 Å². The largest absolute Gasteiger partial charge is 0.351 e. The number of aromatic amines is 1. The van der Waals surface area contributed by atoms with Crippen LogP contribution in [-0.2, 0) is 5.54 Å². The highest BCUT2D eigenvalue weighted by Gasteiger charge is 2.35. The summed E-state index contributed by atoms with van der Waals surface area (Å²) in [5, 5.41) is 4.96. The molecule has 0 bridgehead atoms. The van der Waals surface area contributed by atoms with Gasteiger partial charge < -0.3 is 10.3 Å². The van der Waals surface area contributed by atoms with E-state index >= 15 is 0 Å². The fourth-order valence-electron chi connectivity index (χ4n) is 3.91. The summed E-state index contributed by atoms with van der Waals surface area (Å²) >= 11 is 6.05. The summed E-state index contributed by atoms with van der Waals surface area (Å²) in [5.74, 6) is -0.0573. The van der Waals surface area contributed by atoms with E-state index in [0.29, 0.717) is 10.7 Å². The minimum absolute atomic E-state index is 0.0573. The van der Waals surface area contributed by atoms with Crippen molar-refractivity contribution in [2.75, 3.05) is 0 Å². The van der Waals surface area contributed by atoms with Crippen LogP contribution in [0.2, 0.25) is 5.02 Å². The molecule has 1 aliphatic carbocycles. The second-order valence-electron chi connectivity index (χ2n) is 6.88. The molecule has 0 unspecified atom stereocenters. The number of benzene rings is 2. The van der Waals surface area contributed by atoms with Crippen LogP contribution >= 0.6 is 11.6 Å². The Balaban J connectivity index is 1.66. The first-order valence-corrected chi connectivity index (χ1v) is 9.20. The lowest BCUT2D eigenvalue weighted by atomic mass is 9.76. The van der Waals surface area contributed by atoms with Gasteiger partial charge in [0.2, 0.25) is 0 Å². The van der Waals surface area contributed by atoms with E-state index < -0.39 is 0 Å². The first kappa shape index (κ1) is 16.2. The first-order valence-electron chi connectivity index (χ1n) is 8.83. The Kier molecular flexibility index (Phi) is 4.26. The standard InChI is InChI=1S/C21H21ClN2O/c22-17-9-10-18-15(13-17)14-19(23-18)20(25)24-21(11-5-2-6-12-21)16-7-3-1-4-8-16/h1,3-4,7-10,13-14,23H,2,5-6,11-12H2,(H,24,25). The Morgan fingerprint density at radius 3 is 2.52 bits per heavy atom. The summed E-state index contributed by atoms with van der Waals surface area (Å²) in [5.41, 5.74) is 2.43. The molecular weight excluding hydrogens is 332 g/mol. The van der Waals surface area contributed by atoms with E-state index in [1.165, 1.54) is 12.0 Å². The Morgan fingerprint density at radius 2 is 1.76 bits per heavy atom. The monoisotopic (exact) mass is 352 g/mol. The minimum atomic E-state index is -0.272. The molecule has 0 atom stereocenters. The van der Waals surface area contributed by atoms with Gasteiger partial charge in [0.15, 0.2) is 0 Å². The molecule has 2 aromatic carbocycles. The predicted molar refractivity (Wildman–Crippen MR) is 102 cm³/mol. The second-order valence-corrected chi connectivity index (χ2v) is 7.31. The van der Waals surface area contributed by atoms with Crippen molar-refractivity contribution < 1.29 is 4.79 Å². The van der Waals surface area contributed by atoms with Crippen LogP contribution in [0.15, 0.2) is 54.6 Å². The molecule has 4 rings (SSSR count). The highest BCUT2D eigenvalue weighted by atomic mass is 35.5. The van der Waals surface area contributed by atoms with Crippen molar-refractivity contribution in [1.29, 1.82) is 0 Å². The summed E-state index contributed by atoms with van der Waals surface area (Å²) in [6, 6.07) is 17.8. The van der Waals surface area contributed by atoms with Gasteiger partial charge >= 0.3 is 0 Å². The van der Waals surface area contributed by atoms with Gasteiger partial charge in [0, 0.05) is 15.9 Å². The summed E-state index contributed by atoms with van der Waals surface area (Å²) in [4.78, 5) is 16.2. The number of hydrogen-bond donors (Lipinski definition) is 2. The maximum absolute atomic E-state index is 13.0. The zero-order valence-corrected chi connectivity index (χ0v) is 14.8. The maximum Gasteiger partial charge on any atom is 0.268 e. The molecule has 0 radical (unpaired) electrons. The van der Waals surface area contributed by atoms with Gasteiger partial charge in [-0.15, -0.1) is 0 Å². The third-order valence-corrected chi connectivity index (χ3v) is 5.45. The van der Waals surface area contributed by atoms with Gasteiger partial charge in [-0.25, -0.2) is 0 Å². The van der Waals surface area contributed by atoms with Crippen LogP contribution in [0.25, 0.3) is 10.9 Å². The number of hydrogen-bond acceptors (Lipinski definition) is 1. The molecular formula is C21H21ClN2O. The molecule has 1 heterocycles. The average Bonchev–Trinajstić information content (AvgIpc) is 3.06. The van der Waals surface area contributed by atoms with Crippen LogP contribution in [0.4, 0.5) is 0 Å². The molecule has 128 valence electrons. The lowest BCUT2D eigenvalue weighted by molar-refractivity contribution is 0.0862. The minimum Gasteiger partial charge on any atom is -0.351 e. The summed E-state index contributed by atoms with van der Waals surface area (Å²) in [6.45, 7) is 0. The van der Waals surface area contributed by atoms with Gasteiger partial charge in [0.1, 0.15) is 5.69 Å². The van der Waals surface area contributed by atoms with Crippen LogP contribution < -0.4 is 5.32 Å². The van der Waals surface area contributed by atoms with Crippen LogP contribution in [-0.4, -0.2) is 10.9 Å². The van der Waals surface area contributed by atoms with Crippen molar-refractivity contribution >= 4 is 28.4 Å². The first-order chi connectivity index (χ1) is 12.2. The number of nitrogens with one attached hydrogen (secondary N) is 2. The van der Waals surface area contributed by atoms with Crippen molar-refractivity contribution in [2.24, 2.45) is 0 Å². The van der Waals surface area contributed by atoms with Gasteiger partial charge in [-0.05, 0) is 42.7 Å². The van der Waals surface area contributed by atoms with Gasteiger partial charge in [-0.3, -0.25) is 4.79 Å². The van der Waals surface area contributed by atoms with Crippen molar-refractivity contribution in [2.45, 2.75) is 37.6 Å². The lowest BCUT2D eigenvalue weighted by Gasteiger charge is -2.38. The molecule has 3 aromatic rings. The van der Waals surface area contributed by atoms with Gasteiger partial charge in [-0.2, -0.15) is 0 Å². The fourth-order valence-corrected chi connectivity index (χ4v) is 4.09. The fraction of sp³-hybridized carbons (Fsp3) is 0.286. The molecule has 0 saturated heterocycles. The Bertz CT molecular complexity index is 895. The molecule has 1 fully saturated rings. The number of rotatable bonds is 3. The average molecular weight is 353 g/mol. The Labute approximate surface area is 152 Å². The molecule has 1 amide bonds.